The van der Waals surface area contributed by atoms with Crippen LogP contribution in [0.5, 0.6) is 0 Å². The monoisotopic (exact) mass is 439 g/mol. The molecule has 0 heterocycles. The average molecular weight is 440 g/mol. The summed E-state index contributed by atoms with van der Waals surface area (Å²) in [5, 5.41) is 22.0. The molecule has 0 aliphatic carbocycles. The highest BCUT2D eigenvalue weighted by Crippen LogP contribution is 2.35. The van der Waals surface area contributed by atoms with Crippen LogP contribution < -0.4 is 10.0 Å². The van der Waals surface area contributed by atoms with Crippen molar-refractivity contribution in [2.24, 2.45) is 0 Å². The lowest BCUT2D eigenvalue weighted by molar-refractivity contribution is -0.384. The number of nitrogens with one attached hydrogen (secondary N) is 2. The van der Waals surface area contributed by atoms with Crippen LogP contribution in [0.3, 0.4) is 0 Å². The molecule has 0 saturated carbocycles. The Balaban J connectivity index is 2.51. The zero-order valence-electron chi connectivity index (χ0n) is 13.8. The normalized spacial score (nSPS) is 11.9. The molecule has 0 aliphatic heterocycles. The molecule has 0 aromatic heterocycles. The molecule has 0 saturated heterocycles. The second-order valence-corrected chi connectivity index (χ2v) is 7.44. The number of non-ortho nitro benzene ring substituents is 1. The van der Waals surface area contributed by atoms with Crippen molar-refractivity contribution in [3.8, 4) is 0 Å². The number of halogens is 4. The fourth-order valence-corrected chi connectivity index (χ4v) is 3.76. The Kier molecular flexibility index (Phi) is 6.37. The highest BCUT2D eigenvalue weighted by atomic mass is 35.5. The van der Waals surface area contributed by atoms with Crippen molar-refractivity contribution in [2.45, 2.75) is 11.1 Å². The van der Waals surface area contributed by atoms with E-state index in [2.05, 4.69) is 5.32 Å². The summed E-state index contributed by atoms with van der Waals surface area (Å²) >= 11 is 5.76. The zero-order chi connectivity index (χ0) is 21.1. The fourth-order valence-electron chi connectivity index (χ4n) is 2.16. The number of nitro groups is 1. The number of aliphatic hydroxyl groups excluding tert-OH is 1. The maximum Gasteiger partial charge on any atom is 0.416 e. The van der Waals surface area contributed by atoms with Gasteiger partial charge >= 0.3 is 6.18 Å². The molecule has 0 unspecified atom stereocenters. The molecule has 0 bridgehead atoms. The highest BCUT2D eigenvalue weighted by molar-refractivity contribution is 7.92. The van der Waals surface area contributed by atoms with Crippen molar-refractivity contribution < 1.29 is 31.6 Å². The number of anilines is 2. The number of hydrogen-bond acceptors (Lipinski definition) is 6. The summed E-state index contributed by atoms with van der Waals surface area (Å²) in [6, 6.07) is 4.95. The van der Waals surface area contributed by atoms with E-state index in [4.69, 9.17) is 16.7 Å². The van der Waals surface area contributed by atoms with Gasteiger partial charge in [0.25, 0.3) is 15.7 Å². The lowest BCUT2D eigenvalue weighted by Gasteiger charge is -2.15. The van der Waals surface area contributed by atoms with Crippen molar-refractivity contribution in [1.29, 1.82) is 0 Å². The quantitative estimate of drug-likeness (QED) is 0.448. The molecule has 0 fully saturated rings. The summed E-state index contributed by atoms with van der Waals surface area (Å²) in [5.41, 5.74) is -1.90. The number of benzene rings is 2. The Bertz CT molecular complexity index is 999. The van der Waals surface area contributed by atoms with Gasteiger partial charge < -0.3 is 10.4 Å². The van der Waals surface area contributed by atoms with E-state index in [1.807, 2.05) is 4.72 Å². The maximum atomic E-state index is 12.9. The van der Waals surface area contributed by atoms with Crippen LogP contribution in [0.25, 0.3) is 0 Å². The van der Waals surface area contributed by atoms with Gasteiger partial charge in [0.05, 0.1) is 33.5 Å². The molecular formula is C15H13ClF3N3O5S. The van der Waals surface area contributed by atoms with Crippen molar-refractivity contribution in [1.82, 2.24) is 0 Å². The van der Waals surface area contributed by atoms with E-state index < -0.39 is 42.3 Å². The molecule has 0 atom stereocenters. The minimum Gasteiger partial charge on any atom is -0.395 e. The predicted octanol–water partition coefficient (Wildman–Crippen LogP) is 3.47. The van der Waals surface area contributed by atoms with Crippen molar-refractivity contribution >= 4 is 38.7 Å². The Morgan fingerprint density at radius 1 is 1.14 bits per heavy atom. The summed E-state index contributed by atoms with van der Waals surface area (Å²) in [6.07, 6.45) is -4.80. The summed E-state index contributed by atoms with van der Waals surface area (Å²) in [4.78, 5) is 9.33. The lowest BCUT2D eigenvalue weighted by atomic mass is 10.2. The van der Waals surface area contributed by atoms with Gasteiger partial charge in [0.1, 0.15) is 4.90 Å². The van der Waals surface area contributed by atoms with Gasteiger partial charge in [0.2, 0.25) is 0 Å². The van der Waals surface area contributed by atoms with Crippen LogP contribution in [-0.2, 0) is 16.2 Å². The third-order valence-electron chi connectivity index (χ3n) is 3.43. The molecule has 0 radical (unpaired) electrons. The summed E-state index contributed by atoms with van der Waals surface area (Å²) < 4.78 is 65.9. The number of alkyl halides is 3. The second-order valence-electron chi connectivity index (χ2n) is 5.39. The SMILES string of the molecule is O=[N+]([O-])c1ccc(NCCO)c(NS(=O)(=O)c2cc(C(F)(F)F)ccc2Cl)c1. The molecule has 152 valence electrons. The minimum atomic E-state index is -4.80. The molecule has 13 heteroatoms. The third kappa shape index (κ3) is 5.03. The number of nitrogens with zero attached hydrogens (tertiary/aromatic N) is 1. The lowest BCUT2D eigenvalue weighted by Crippen LogP contribution is -2.17. The van der Waals surface area contributed by atoms with Crippen LogP contribution in [-0.4, -0.2) is 31.6 Å². The molecular weight excluding hydrogens is 427 g/mol. The summed E-state index contributed by atoms with van der Waals surface area (Å²) in [7, 11) is -4.62. The van der Waals surface area contributed by atoms with Gasteiger partial charge in [-0.1, -0.05) is 11.6 Å². The van der Waals surface area contributed by atoms with Crippen molar-refractivity contribution in [3.05, 3.63) is 57.1 Å². The molecule has 0 spiro atoms. The van der Waals surface area contributed by atoms with Gasteiger partial charge in [-0.05, 0) is 24.3 Å². The topological polar surface area (TPSA) is 122 Å². The third-order valence-corrected chi connectivity index (χ3v) is 5.28. The second kappa shape index (κ2) is 8.20. The first-order valence-electron chi connectivity index (χ1n) is 7.48. The Labute approximate surface area is 162 Å². The van der Waals surface area contributed by atoms with Crippen LogP contribution in [0.1, 0.15) is 5.56 Å². The Morgan fingerprint density at radius 2 is 1.82 bits per heavy atom. The van der Waals surface area contributed by atoms with E-state index in [1.54, 1.807) is 0 Å². The molecule has 2 aromatic carbocycles. The number of nitro benzene ring substituents is 1. The van der Waals surface area contributed by atoms with E-state index in [0.29, 0.717) is 12.1 Å². The van der Waals surface area contributed by atoms with Gasteiger partial charge in [-0.15, -0.1) is 0 Å². The molecule has 0 amide bonds. The largest absolute Gasteiger partial charge is 0.416 e. The van der Waals surface area contributed by atoms with E-state index in [0.717, 1.165) is 18.2 Å². The Morgan fingerprint density at radius 3 is 2.39 bits per heavy atom. The standard InChI is InChI=1S/C15H13ClF3N3O5S/c16-11-3-1-9(15(17,18)19)7-14(11)28(26,27)21-13-8-10(22(24)25)2-4-12(13)20-5-6-23/h1-4,7-8,20-21,23H,5-6H2. The first-order valence-corrected chi connectivity index (χ1v) is 9.34. The van der Waals surface area contributed by atoms with Crippen LogP contribution in [0.15, 0.2) is 41.3 Å². The molecule has 28 heavy (non-hydrogen) atoms. The average Bonchev–Trinajstić information content (AvgIpc) is 2.59. The predicted molar refractivity (Wildman–Crippen MR) is 95.9 cm³/mol. The van der Waals surface area contributed by atoms with E-state index in [9.17, 15) is 31.7 Å². The molecule has 8 nitrogen and oxygen atoms in total. The van der Waals surface area contributed by atoms with Gasteiger partial charge in [0.15, 0.2) is 0 Å². The number of sulfonamides is 1. The number of hydrogen-bond donors (Lipinski definition) is 3. The molecule has 2 rings (SSSR count). The van der Waals surface area contributed by atoms with Gasteiger partial charge in [-0.2, -0.15) is 13.2 Å². The summed E-state index contributed by atoms with van der Waals surface area (Å²) in [5.74, 6) is 0. The van der Waals surface area contributed by atoms with Gasteiger partial charge in [-0.3, -0.25) is 14.8 Å². The van der Waals surface area contributed by atoms with Crippen molar-refractivity contribution in [3.63, 3.8) is 0 Å². The van der Waals surface area contributed by atoms with E-state index in [-0.39, 0.29) is 24.5 Å². The molecule has 2 aromatic rings. The van der Waals surface area contributed by atoms with Gasteiger partial charge in [0, 0.05) is 18.7 Å². The van der Waals surface area contributed by atoms with E-state index >= 15 is 0 Å². The van der Waals surface area contributed by atoms with Crippen LogP contribution in [0.2, 0.25) is 5.02 Å². The first kappa shape index (κ1) is 21.7. The zero-order valence-corrected chi connectivity index (χ0v) is 15.4. The molecule has 0 aliphatic rings. The first-order chi connectivity index (χ1) is 13.0. The van der Waals surface area contributed by atoms with Crippen LogP contribution in [0.4, 0.5) is 30.2 Å². The fraction of sp³-hybridized carbons (Fsp3) is 0.200. The molecule has 3 N–H and O–H groups in total. The van der Waals surface area contributed by atoms with Gasteiger partial charge in [-0.25, -0.2) is 8.42 Å². The number of aliphatic hydroxyl groups is 1. The van der Waals surface area contributed by atoms with Crippen molar-refractivity contribution in [2.75, 3.05) is 23.2 Å². The van der Waals surface area contributed by atoms with Crippen LogP contribution >= 0.6 is 11.6 Å². The van der Waals surface area contributed by atoms with Crippen LogP contribution in [0, 0.1) is 10.1 Å². The minimum absolute atomic E-state index is 0.00312. The highest BCUT2D eigenvalue weighted by Gasteiger charge is 2.33. The van der Waals surface area contributed by atoms with E-state index in [1.165, 1.54) is 6.07 Å². The number of rotatable bonds is 7. The Hall–Kier alpha value is -2.57. The maximum absolute atomic E-state index is 12.9. The summed E-state index contributed by atoms with van der Waals surface area (Å²) in [6.45, 7) is -0.320. The smallest absolute Gasteiger partial charge is 0.395 e.